The van der Waals surface area contributed by atoms with Crippen LogP contribution in [0.1, 0.15) is 24.1 Å². The number of halogens is 3. The van der Waals surface area contributed by atoms with E-state index < -0.39 is 11.6 Å². The van der Waals surface area contributed by atoms with Crippen LogP contribution in [0.5, 0.6) is 5.75 Å². The molecule has 0 aliphatic carbocycles. The molecule has 0 spiro atoms. The lowest BCUT2D eigenvalue weighted by Crippen LogP contribution is -2.09. The zero-order valence-corrected chi connectivity index (χ0v) is 11.6. The molecule has 0 amide bonds. The van der Waals surface area contributed by atoms with Gasteiger partial charge in [-0.2, -0.15) is 0 Å². The van der Waals surface area contributed by atoms with Crippen LogP contribution in [0.25, 0.3) is 0 Å². The van der Waals surface area contributed by atoms with Gasteiger partial charge in [0.2, 0.25) is 0 Å². The van der Waals surface area contributed by atoms with Crippen LogP contribution in [0.3, 0.4) is 0 Å². The Morgan fingerprint density at radius 3 is 2.65 bits per heavy atom. The van der Waals surface area contributed by atoms with Gasteiger partial charge in [-0.05, 0) is 25.1 Å². The van der Waals surface area contributed by atoms with E-state index >= 15 is 0 Å². The second-order valence-corrected chi connectivity index (χ2v) is 4.87. The fraction of sp³-hybridized carbons (Fsp3) is 0.200. The summed E-state index contributed by atoms with van der Waals surface area (Å²) >= 11 is 5.91. The largest absolute Gasteiger partial charge is 0.488 e. The van der Waals surface area contributed by atoms with E-state index in [4.69, 9.17) is 22.1 Å². The molecule has 0 heterocycles. The average molecular weight is 298 g/mol. The second kappa shape index (κ2) is 6.20. The van der Waals surface area contributed by atoms with E-state index in [9.17, 15) is 8.78 Å². The summed E-state index contributed by atoms with van der Waals surface area (Å²) in [5.74, 6) is -0.611. The fourth-order valence-electron chi connectivity index (χ4n) is 1.83. The predicted octanol–water partition coefficient (Wildman–Crippen LogP) is 4.22. The highest BCUT2D eigenvalue weighted by molar-refractivity contribution is 6.31. The Balaban J connectivity index is 2.25. The molecule has 0 aromatic heterocycles. The number of hydrogen-bond acceptors (Lipinski definition) is 2. The minimum Gasteiger partial charge on any atom is -0.488 e. The van der Waals surface area contributed by atoms with E-state index in [0.717, 1.165) is 0 Å². The summed E-state index contributed by atoms with van der Waals surface area (Å²) in [5.41, 5.74) is 6.67. The number of ether oxygens (including phenoxy) is 1. The summed E-state index contributed by atoms with van der Waals surface area (Å²) in [7, 11) is 0. The van der Waals surface area contributed by atoms with E-state index in [-0.39, 0.29) is 23.2 Å². The normalized spacial score (nSPS) is 12.2. The third kappa shape index (κ3) is 3.26. The minimum absolute atomic E-state index is 0.0886. The van der Waals surface area contributed by atoms with E-state index in [0.29, 0.717) is 11.3 Å². The lowest BCUT2D eigenvalue weighted by molar-refractivity contribution is 0.294. The quantitative estimate of drug-likeness (QED) is 0.917. The molecule has 2 rings (SSSR count). The van der Waals surface area contributed by atoms with Crippen molar-refractivity contribution in [1.29, 1.82) is 0 Å². The smallest absolute Gasteiger partial charge is 0.131 e. The van der Waals surface area contributed by atoms with E-state index in [1.807, 2.05) is 0 Å². The zero-order valence-electron chi connectivity index (χ0n) is 10.9. The number of nitrogens with two attached hydrogens (primary N) is 1. The van der Waals surface area contributed by atoms with E-state index in [1.54, 1.807) is 19.1 Å². The van der Waals surface area contributed by atoms with Crippen molar-refractivity contribution in [3.05, 3.63) is 64.2 Å². The van der Waals surface area contributed by atoms with Gasteiger partial charge >= 0.3 is 0 Å². The molecule has 106 valence electrons. The molecule has 2 nitrogen and oxygen atoms in total. The first-order valence-electron chi connectivity index (χ1n) is 6.09. The van der Waals surface area contributed by atoms with Crippen molar-refractivity contribution in [3.63, 3.8) is 0 Å². The van der Waals surface area contributed by atoms with Crippen LogP contribution in [-0.4, -0.2) is 0 Å². The Morgan fingerprint density at radius 2 is 2.00 bits per heavy atom. The molecule has 0 saturated heterocycles. The SMILES string of the molecule is CC(N)c1ccc(F)cc1OCc1c(F)cccc1Cl. The van der Waals surface area contributed by atoms with Gasteiger partial charge in [-0.15, -0.1) is 0 Å². The van der Waals surface area contributed by atoms with Crippen molar-refractivity contribution >= 4 is 11.6 Å². The van der Waals surface area contributed by atoms with Crippen molar-refractivity contribution in [2.45, 2.75) is 19.6 Å². The summed E-state index contributed by atoms with van der Waals surface area (Å²) in [4.78, 5) is 0. The predicted molar refractivity (Wildman–Crippen MR) is 74.7 cm³/mol. The summed E-state index contributed by atoms with van der Waals surface area (Å²) < 4.78 is 32.4. The van der Waals surface area contributed by atoms with Crippen LogP contribution in [0.15, 0.2) is 36.4 Å². The molecule has 0 fully saturated rings. The van der Waals surface area contributed by atoms with Gasteiger partial charge in [0.15, 0.2) is 0 Å². The molecule has 0 bridgehead atoms. The van der Waals surface area contributed by atoms with Gasteiger partial charge in [0.1, 0.15) is 24.0 Å². The van der Waals surface area contributed by atoms with E-state index in [2.05, 4.69) is 0 Å². The average Bonchev–Trinajstić information content (AvgIpc) is 2.37. The van der Waals surface area contributed by atoms with Gasteiger partial charge in [-0.1, -0.05) is 23.7 Å². The molecule has 2 aromatic carbocycles. The molecule has 0 radical (unpaired) electrons. The van der Waals surface area contributed by atoms with Crippen LogP contribution in [0.4, 0.5) is 8.78 Å². The Hall–Kier alpha value is -1.65. The summed E-state index contributed by atoms with van der Waals surface area (Å²) in [5, 5.41) is 0.267. The van der Waals surface area contributed by atoms with Crippen LogP contribution in [0.2, 0.25) is 5.02 Å². The molecular formula is C15H14ClF2NO. The Labute approximate surface area is 121 Å². The highest BCUT2D eigenvalue weighted by atomic mass is 35.5. The van der Waals surface area contributed by atoms with Crippen LogP contribution >= 0.6 is 11.6 Å². The third-order valence-electron chi connectivity index (χ3n) is 2.90. The maximum absolute atomic E-state index is 13.6. The number of hydrogen-bond donors (Lipinski definition) is 1. The van der Waals surface area contributed by atoms with Crippen LogP contribution in [-0.2, 0) is 6.61 Å². The lowest BCUT2D eigenvalue weighted by Gasteiger charge is -2.15. The molecule has 5 heteroatoms. The zero-order chi connectivity index (χ0) is 14.7. The van der Waals surface area contributed by atoms with Crippen molar-refractivity contribution in [1.82, 2.24) is 0 Å². The number of benzene rings is 2. The van der Waals surface area contributed by atoms with Crippen molar-refractivity contribution < 1.29 is 13.5 Å². The Kier molecular flexibility index (Phi) is 4.57. The molecule has 20 heavy (non-hydrogen) atoms. The van der Waals surface area contributed by atoms with Crippen LogP contribution < -0.4 is 10.5 Å². The van der Waals surface area contributed by atoms with Crippen molar-refractivity contribution in [2.75, 3.05) is 0 Å². The molecule has 0 aliphatic rings. The Morgan fingerprint density at radius 1 is 1.25 bits per heavy atom. The molecule has 2 N–H and O–H groups in total. The summed E-state index contributed by atoms with van der Waals surface area (Å²) in [6.45, 7) is 1.67. The highest BCUT2D eigenvalue weighted by Gasteiger charge is 2.12. The maximum Gasteiger partial charge on any atom is 0.131 e. The van der Waals surface area contributed by atoms with Gasteiger partial charge in [0.25, 0.3) is 0 Å². The summed E-state index contributed by atoms with van der Waals surface area (Å²) in [6, 6.07) is 8.15. The minimum atomic E-state index is -0.462. The maximum atomic E-state index is 13.6. The fourth-order valence-corrected chi connectivity index (χ4v) is 2.05. The van der Waals surface area contributed by atoms with E-state index in [1.165, 1.54) is 24.3 Å². The first-order valence-corrected chi connectivity index (χ1v) is 6.47. The second-order valence-electron chi connectivity index (χ2n) is 4.46. The first-order chi connectivity index (χ1) is 9.49. The molecule has 1 unspecified atom stereocenters. The molecule has 0 aliphatic heterocycles. The molecule has 1 atom stereocenters. The van der Waals surface area contributed by atoms with Gasteiger partial charge in [-0.3, -0.25) is 0 Å². The third-order valence-corrected chi connectivity index (χ3v) is 3.25. The van der Waals surface area contributed by atoms with Crippen molar-refractivity contribution in [2.24, 2.45) is 5.73 Å². The summed E-state index contributed by atoms with van der Waals surface area (Å²) in [6.07, 6.45) is 0. The topological polar surface area (TPSA) is 35.2 Å². The molecule has 2 aromatic rings. The van der Waals surface area contributed by atoms with Gasteiger partial charge in [0.05, 0.1) is 5.02 Å². The van der Waals surface area contributed by atoms with Crippen molar-refractivity contribution in [3.8, 4) is 5.75 Å². The highest BCUT2D eigenvalue weighted by Crippen LogP contribution is 2.27. The van der Waals surface area contributed by atoms with Gasteiger partial charge < -0.3 is 10.5 Å². The Bertz CT molecular complexity index is 597. The standard InChI is InChI=1S/C15H14ClF2NO/c1-9(19)11-6-5-10(17)7-15(11)20-8-12-13(16)3-2-4-14(12)18/h2-7,9H,8,19H2,1H3. The molecular weight excluding hydrogens is 284 g/mol. The lowest BCUT2D eigenvalue weighted by atomic mass is 10.1. The molecule has 0 saturated carbocycles. The number of rotatable bonds is 4. The van der Waals surface area contributed by atoms with Gasteiger partial charge in [-0.25, -0.2) is 8.78 Å². The monoisotopic (exact) mass is 297 g/mol. The van der Waals surface area contributed by atoms with Crippen LogP contribution in [0, 0.1) is 11.6 Å². The van der Waals surface area contributed by atoms with Gasteiger partial charge in [0, 0.05) is 23.2 Å². The first kappa shape index (κ1) is 14.8.